The molecule has 0 aromatic heterocycles. The van der Waals surface area contributed by atoms with Crippen LogP contribution in [0.5, 0.6) is 0 Å². The van der Waals surface area contributed by atoms with E-state index in [2.05, 4.69) is 21.2 Å². The van der Waals surface area contributed by atoms with Crippen LogP contribution in [0.3, 0.4) is 0 Å². The Balaban J connectivity index is 2.69. The molecule has 1 rings (SSSR count). The van der Waals surface area contributed by atoms with Crippen LogP contribution in [-0.2, 0) is 11.2 Å². The molecule has 82 valence electrons. The van der Waals surface area contributed by atoms with Gasteiger partial charge in [0.05, 0.1) is 0 Å². The van der Waals surface area contributed by atoms with Gasteiger partial charge in [0.1, 0.15) is 6.04 Å². The number of hydrogen-bond acceptors (Lipinski definition) is 2. The van der Waals surface area contributed by atoms with Crippen LogP contribution in [0.1, 0.15) is 12.5 Å². The van der Waals surface area contributed by atoms with Crippen LogP contribution in [0.25, 0.3) is 0 Å². The second kappa shape index (κ2) is 5.88. The molecule has 1 aromatic rings. The van der Waals surface area contributed by atoms with Crippen LogP contribution in [0, 0.1) is 0 Å². The maximum atomic E-state index is 10.9. The molecule has 1 aromatic carbocycles. The van der Waals surface area contributed by atoms with Gasteiger partial charge in [-0.15, -0.1) is 0 Å². The van der Waals surface area contributed by atoms with E-state index in [1.54, 1.807) is 0 Å². The third-order valence-corrected chi connectivity index (χ3v) is 2.57. The van der Waals surface area contributed by atoms with Gasteiger partial charge in [-0.2, -0.15) is 0 Å². The highest BCUT2D eigenvalue weighted by molar-refractivity contribution is 9.10. The van der Waals surface area contributed by atoms with Crippen LogP contribution >= 0.6 is 15.9 Å². The average Bonchev–Trinajstić information content (AvgIpc) is 2.17. The lowest BCUT2D eigenvalue weighted by atomic mass is 10.1. The molecule has 1 unspecified atom stereocenters. The number of aliphatic carboxylic acids is 1. The first-order valence-electron chi connectivity index (χ1n) is 4.84. The number of likely N-dealkylation sites (N-methyl/N-ethyl adjacent to an activating group) is 1. The molecular formula is C11H14BrNO2. The fourth-order valence-electron chi connectivity index (χ4n) is 1.39. The van der Waals surface area contributed by atoms with Crippen molar-refractivity contribution in [2.75, 3.05) is 6.54 Å². The summed E-state index contributed by atoms with van der Waals surface area (Å²) >= 11 is 3.36. The molecule has 1 atom stereocenters. The molecule has 0 aliphatic heterocycles. The summed E-state index contributed by atoms with van der Waals surface area (Å²) in [5.74, 6) is -0.808. The van der Waals surface area contributed by atoms with Gasteiger partial charge in [0.25, 0.3) is 0 Å². The Morgan fingerprint density at radius 3 is 2.87 bits per heavy atom. The summed E-state index contributed by atoms with van der Waals surface area (Å²) in [5.41, 5.74) is 1.01. The standard InChI is InChI=1S/C11H14BrNO2/c1-2-13-10(11(14)15)7-8-4-3-5-9(12)6-8/h3-6,10,13H,2,7H2,1H3,(H,14,15). The first-order valence-corrected chi connectivity index (χ1v) is 5.63. The minimum Gasteiger partial charge on any atom is -0.480 e. The molecule has 4 heteroatoms. The number of nitrogens with one attached hydrogen (secondary N) is 1. The summed E-state index contributed by atoms with van der Waals surface area (Å²) < 4.78 is 0.973. The van der Waals surface area contributed by atoms with Crippen molar-refractivity contribution in [1.82, 2.24) is 5.32 Å². The minimum absolute atomic E-state index is 0.503. The number of carboxylic acid groups (broad SMARTS) is 1. The summed E-state index contributed by atoms with van der Waals surface area (Å²) in [5, 5.41) is 11.9. The van der Waals surface area contributed by atoms with Gasteiger partial charge in [-0.05, 0) is 30.7 Å². The van der Waals surface area contributed by atoms with Crippen LogP contribution in [0.4, 0.5) is 0 Å². The topological polar surface area (TPSA) is 49.3 Å². The fraction of sp³-hybridized carbons (Fsp3) is 0.364. The quantitative estimate of drug-likeness (QED) is 0.862. The molecule has 0 fully saturated rings. The van der Waals surface area contributed by atoms with Gasteiger partial charge < -0.3 is 10.4 Å². The first-order chi connectivity index (χ1) is 7.13. The van der Waals surface area contributed by atoms with Gasteiger partial charge >= 0.3 is 5.97 Å². The molecule has 15 heavy (non-hydrogen) atoms. The summed E-state index contributed by atoms with van der Waals surface area (Å²) in [7, 11) is 0. The van der Waals surface area contributed by atoms with Gasteiger partial charge in [-0.3, -0.25) is 4.79 Å². The predicted octanol–water partition coefficient (Wildman–Crippen LogP) is 2.05. The van der Waals surface area contributed by atoms with Crippen molar-refractivity contribution in [3.05, 3.63) is 34.3 Å². The van der Waals surface area contributed by atoms with Gasteiger partial charge in [-0.25, -0.2) is 0 Å². The van der Waals surface area contributed by atoms with Crippen LogP contribution < -0.4 is 5.32 Å². The minimum atomic E-state index is -0.808. The summed E-state index contributed by atoms with van der Waals surface area (Å²) in [6.45, 7) is 2.56. The lowest BCUT2D eigenvalue weighted by Crippen LogP contribution is -2.38. The Hall–Kier alpha value is -0.870. The second-order valence-corrected chi connectivity index (χ2v) is 4.20. The zero-order chi connectivity index (χ0) is 11.3. The molecule has 0 radical (unpaired) electrons. The number of benzene rings is 1. The van der Waals surface area contributed by atoms with Crippen LogP contribution in [0.2, 0.25) is 0 Å². The highest BCUT2D eigenvalue weighted by atomic mass is 79.9. The van der Waals surface area contributed by atoms with Crippen molar-refractivity contribution in [2.24, 2.45) is 0 Å². The third kappa shape index (κ3) is 4.01. The fourth-order valence-corrected chi connectivity index (χ4v) is 1.84. The third-order valence-electron chi connectivity index (χ3n) is 2.08. The van der Waals surface area contributed by atoms with E-state index in [9.17, 15) is 4.79 Å². The molecule has 0 heterocycles. The lowest BCUT2D eigenvalue weighted by Gasteiger charge is -2.12. The zero-order valence-electron chi connectivity index (χ0n) is 8.53. The predicted molar refractivity (Wildman–Crippen MR) is 62.9 cm³/mol. The first kappa shape index (κ1) is 12.2. The number of carbonyl (C=O) groups is 1. The van der Waals surface area contributed by atoms with Crippen molar-refractivity contribution < 1.29 is 9.90 Å². The van der Waals surface area contributed by atoms with E-state index in [1.165, 1.54) is 0 Å². The largest absolute Gasteiger partial charge is 0.480 e. The van der Waals surface area contributed by atoms with Crippen molar-refractivity contribution in [1.29, 1.82) is 0 Å². The summed E-state index contributed by atoms with van der Waals surface area (Å²) in [6, 6.07) is 7.19. The van der Waals surface area contributed by atoms with Crippen LogP contribution in [-0.4, -0.2) is 23.7 Å². The van der Waals surface area contributed by atoms with Crippen molar-refractivity contribution in [2.45, 2.75) is 19.4 Å². The Labute approximate surface area is 97.6 Å². The SMILES string of the molecule is CCNC(Cc1cccc(Br)c1)C(=O)O. The summed E-state index contributed by atoms with van der Waals surface area (Å²) in [4.78, 5) is 10.9. The van der Waals surface area contributed by atoms with E-state index in [-0.39, 0.29) is 0 Å². The van der Waals surface area contributed by atoms with Gasteiger partial charge in [0.2, 0.25) is 0 Å². The van der Waals surface area contributed by atoms with E-state index < -0.39 is 12.0 Å². The van der Waals surface area contributed by atoms with Crippen LogP contribution in [0.15, 0.2) is 28.7 Å². The number of halogens is 1. The molecule has 3 nitrogen and oxygen atoms in total. The maximum absolute atomic E-state index is 10.9. The van der Waals surface area contributed by atoms with Gasteiger partial charge in [0, 0.05) is 4.47 Å². The number of rotatable bonds is 5. The average molecular weight is 272 g/mol. The normalized spacial score (nSPS) is 12.4. The molecule has 0 saturated carbocycles. The zero-order valence-corrected chi connectivity index (χ0v) is 10.1. The van der Waals surface area contributed by atoms with Crippen molar-refractivity contribution in [3.8, 4) is 0 Å². The molecule has 0 saturated heterocycles. The number of carboxylic acids is 1. The van der Waals surface area contributed by atoms with Gasteiger partial charge in [-0.1, -0.05) is 35.0 Å². The van der Waals surface area contributed by atoms with E-state index in [1.807, 2.05) is 31.2 Å². The smallest absolute Gasteiger partial charge is 0.321 e. The monoisotopic (exact) mass is 271 g/mol. The molecular weight excluding hydrogens is 258 g/mol. The van der Waals surface area contributed by atoms with E-state index in [4.69, 9.17) is 5.11 Å². The summed E-state index contributed by atoms with van der Waals surface area (Å²) in [6.07, 6.45) is 0.503. The molecule has 2 N–H and O–H groups in total. The number of hydrogen-bond donors (Lipinski definition) is 2. The van der Waals surface area contributed by atoms with Gasteiger partial charge in [0.15, 0.2) is 0 Å². The Kier molecular flexibility index (Phi) is 4.78. The molecule has 0 amide bonds. The Morgan fingerprint density at radius 1 is 1.60 bits per heavy atom. The van der Waals surface area contributed by atoms with Crippen molar-refractivity contribution in [3.63, 3.8) is 0 Å². The highest BCUT2D eigenvalue weighted by Gasteiger charge is 2.16. The molecule has 0 bridgehead atoms. The van der Waals surface area contributed by atoms with E-state index in [0.29, 0.717) is 13.0 Å². The highest BCUT2D eigenvalue weighted by Crippen LogP contribution is 2.13. The Morgan fingerprint density at radius 2 is 2.33 bits per heavy atom. The molecule has 0 aliphatic carbocycles. The van der Waals surface area contributed by atoms with Crippen molar-refractivity contribution >= 4 is 21.9 Å². The Bertz CT molecular complexity index is 341. The maximum Gasteiger partial charge on any atom is 0.321 e. The van der Waals surface area contributed by atoms with E-state index >= 15 is 0 Å². The molecule has 0 spiro atoms. The molecule has 0 aliphatic rings. The lowest BCUT2D eigenvalue weighted by molar-refractivity contribution is -0.139. The second-order valence-electron chi connectivity index (χ2n) is 3.28. The van der Waals surface area contributed by atoms with E-state index in [0.717, 1.165) is 10.0 Å².